The van der Waals surface area contributed by atoms with Crippen molar-refractivity contribution in [3.63, 3.8) is 0 Å². The number of aliphatic hydroxyl groups is 2. The smallest absolute Gasteiger partial charge is 0.326 e. The molecule has 4 N–H and O–H groups in total. The highest BCUT2D eigenvalue weighted by Crippen LogP contribution is 2.11. The maximum atomic E-state index is 13.3. The monoisotopic (exact) mass is 578 g/mol. The van der Waals surface area contributed by atoms with Gasteiger partial charge in [0, 0.05) is 38.2 Å². The average molecular weight is 579 g/mol. The molecule has 0 spiro atoms. The summed E-state index contributed by atoms with van der Waals surface area (Å²) in [4.78, 5) is 67.1. The van der Waals surface area contributed by atoms with Gasteiger partial charge in [-0.25, -0.2) is 4.79 Å². The number of rotatable bonds is 18. The van der Waals surface area contributed by atoms with Gasteiger partial charge in [0.15, 0.2) is 0 Å². The molecule has 12 nitrogen and oxygen atoms in total. The highest BCUT2D eigenvalue weighted by atomic mass is 16.4. The van der Waals surface area contributed by atoms with Gasteiger partial charge in [0.05, 0.1) is 19.8 Å². The van der Waals surface area contributed by atoms with Crippen LogP contribution in [0.25, 0.3) is 0 Å². The third kappa shape index (κ3) is 13.1. The number of carboxylic acid groups (broad SMARTS) is 1. The van der Waals surface area contributed by atoms with Crippen LogP contribution >= 0.6 is 0 Å². The summed E-state index contributed by atoms with van der Waals surface area (Å²) in [5, 5.41) is 30.8. The van der Waals surface area contributed by atoms with Gasteiger partial charge in [-0.3, -0.25) is 19.2 Å². The number of aryl methyl sites for hydroxylation is 1. The summed E-state index contributed by atoms with van der Waals surface area (Å²) in [6, 6.07) is 5.94. The van der Waals surface area contributed by atoms with Crippen LogP contribution in [0.3, 0.4) is 0 Å². The molecule has 0 heterocycles. The molecule has 0 radical (unpaired) electrons. The molecule has 0 saturated carbocycles. The van der Waals surface area contributed by atoms with Gasteiger partial charge in [0.1, 0.15) is 12.6 Å². The zero-order chi connectivity index (χ0) is 31.1. The van der Waals surface area contributed by atoms with Gasteiger partial charge < -0.3 is 35.3 Å². The number of hydrogen-bond donors (Lipinski definition) is 4. The van der Waals surface area contributed by atoms with E-state index in [9.17, 15) is 39.3 Å². The summed E-state index contributed by atoms with van der Waals surface area (Å²) >= 11 is 0. The van der Waals surface area contributed by atoms with Gasteiger partial charge in [-0.15, -0.1) is 0 Å². The fraction of sp³-hybridized carbons (Fsp3) is 0.621. The third-order valence-corrected chi connectivity index (χ3v) is 6.22. The number of carboxylic acids is 1. The van der Waals surface area contributed by atoms with Crippen molar-refractivity contribution >= 4 is 29.6 Å². The highest BCUT2D eigenvalue weighted by Gasteiger charge is 2.27. The van der Waals surface area contributed by atoms with Crippen LogP contribution in [0.1, 0.15) is 56.5 Å². The molecule has 12 heteroatoms. The largest absolute Gasteiger partial charge is 0.480 e. The molecule has 0 saturated heterocycles. The number of hydrogen-bond acceptors (Lipinski definition) is 7. The normalized spacial score (nSPS) is 11.7. The molecule has 230 valence electrons. The Labute approximate surface area is 242 Å². The summed E-state index contributed by atoms with van der Waals surface area (Å²) in [6.45, 7) is 7.82. The zero-order valence-corrected chi connectivity index (χ0v) is 24.8. The second kappa shape index (κ2) is 18.0. The minimum atomic E-state index is -1.15. The molecule has 4 amide bonds. The molecular weight excluding hydrogens is 532 g/mol. The van der Waals surface area contributed by atoms with Crippen LogP contribution in [0.15, 0.2) is 24.3 Å². The van der Waals surface area contributed by atoms with E-state index < -0.39 is 42.9 Å². The first-order valence-corrected chi connectivity index (χ1v) is 13.9. The van der Waals surface area contributed by atoms with Crippen molar-refractivity contribution < 1.29 is 39.3 Å². The highest BCUT2D eigenvalue weighted by molar-refractivity contribution is 5.97. The molecule has 0 aromatic heterocycles. The summed E-state index contributed by atoms with van der Waals surface area (Å²) in [7, 11) is 0. The van der Waals surface area contributed by atoms with Crippen molar-refractivity contribution in [3.05, 3.63) is 35.4 Å². The summed E-state index contributed by atoms with van der Waals surface area (Å²) in [5.74, 6) is -3.02. The van der Waals surface area contributed by atoms with Gasteiger partial charge in [-0.05, 0) is 37.3 Å². The van der Waals surface area contributed by atoms with Crippen molar-refractivity contribution in [1.29, 1.82) is 0 Å². The number of aliphatic carboxylic acids is 1. The van der Waals surface area contributed by atoms with Crippen LogP contribution in [-0.2, 0) is 19.2 Å². The minimum absolute atomic E-state index is 0.0440. The van der Waals surface area contributed by atoms with E-state index in [0.717, 1.165) is 10.5 Å². The van der Waals surface area contributed by atoms with Crippen molar-refractivity contribution in [2.24, 2.45) is 11.8 Å². The number of amides is 4. The van der Waals surface area contributed by atoms with Crippen molar-refractivity contribution in [3.8, 4) is 0 Å². The van der Waals surface area contributed by atoms with Crippen LogP contribution in [0.2, 0.25) is 0 Å². The van der Waals surface area contributed by atoms with Crippen molar-refractivity contribution in [2.45, 2.75) is 53.5 Å². The first-order valence-electron chi connectivity index (χ1n) is 13.9. The van der Waals surface area contributed by atoms with Crippen LogP contribution in [-0.4, -0.2) is 118 Å². The molecule has 41 heavy (non-hydrogen) atoms. The third-order valence-electron chi connectivity index (χ3n) is 6.22. The van der Waals surface area contributed by atoms with E-state index in [4.69, 9.17) is 0 Å². The molecule has 0 unspecified atom stereocenters. The molecule has 1 aromatic rings. The maximum Gasteiger partial charge on any atom is 0.326 e. The molecule has 1 aromatic carbocycles. The van der Waals surface area contributed by atoms with Gasteiger partial charge >= 0.3 is 5.97 Å². The molecule has 0 aliphatic carbocycles. The summed E-state index contributed by atoms with van der Waals surface area (Å²) < 4.78 is 0. The van der Waals surface area contributed by atoms with E-state index in [1.54, 1.807) is 12.1 Å². The van der Waals surface area contributed by atoms with E-state index in [-0.39, 0.29) is 63.4 Å². The molecular formula is C29H46N4O8. The van der Waals surface area contributed by atoms with E-state index in [0.29, 0.717) is 12.1 Å². The van der Waals surface area contributed by atoms with Crippen LogP contribution in [0, 0.1) is 18.8 Å². The molecule has 1 atom stereocenters. The molecule has 0 bridgehead atoms. The molecule has 1 rings (SSSR count). The molecule has 0 aliphatic heterocycles. The second-order valence-corrected chi connectivity index (χ2v) is 10.9. The quantitative estimate of drug-likeness (QED) is 0.198. The van der Waals surface area contributed by atoms with Gasteiger partial charge in [0.25, 0.3) is 5.91 Å². The number of carbonyl (C=O) groups excluding carboxylic acids is 4. The summed E-state index contributed by atoms with van der Waals surface area (Å²) in [6.07, 6.45) is 0.0492. The Hall–Kier alpha value is -3.51. The molecule has 0 aliphatic rings. The minimum Gasteiger partial charge on any atom is -0.480 e. The lowest BCUT2D eigenvalue weighted by molar-refractivity contribution is -0.143. The predicted octanol–water partition coefficient (Wildman–Crippen LogP) is 0.741. The topological polar surface area (TPSA) is 168 Å². The number of aliphatic hydroxyl groups excluding tert-OH is 2. The van der Waals surface area contributed by atoms with Crippen LogP contribution < -0.4 is 5.32 Å². The zero-order valence-electron chi connectivity index (χ0n) is 24.8. The van der Waals surface area contributed by atoms with Crippen molar-refractivity contribution in [2.75, 3.05) is 52.5 Å². The first-order chi connectivity index (χ1) is 19.3. The van der Waals surface area contributed by atoms with Gasteiger partial charge in [0.2, 0.25) is 17.7 Å². The Balaban J connectivity index is 2.93. The Morgan fingerprint density at radius 2 is 1.32 bits per heavy atom. The number of nitrogens with zero attached hydrogens (tertiary/aromatic N) is 3. The summed E-state index contributed by atoms with van der Waals surface area (Å²) in [5.41, 5.74) is 1.42. The van der Waals surface area contributed by atoms with Crippen LogP contribution in [0.5, 0.6) is 0 Å². The van der Waals surface area contributed by atoms with Crippen molar-refractivity contribution in [1.82, 2.24) is 20.0 Å². The van der Waals surface area contributed by atoms with Crippen LogP contribution in [0.4, 0.5) is 0 Å². The Kier molecular flexibility index (Phi) is 15.6. The van der Waals surface area contributed by atoms with Gasteiger partial charge in [-0.1, -0.05) is 45.4 Å². The first kappa shape index (κ1) is 35.5. The Bertz CT molecular complexity index is 1010. The fourth-order valence-corrected chi connectivity index (χ4v) is 4.16. The lowest BCUT2D eigenvalue weighted by atomic mass is 10.0. The SMILES string of the molecule is Cc1ccc(C(=O)N(CC(=O)N(CCO)CC(=O)N(CCO)CCC(=O)N[C@@H](CC(C)C)C(=O)O)CC(C)C)cc1. The predicted molar refractivity (Wildman–Crippen MR) is 153 cm³/mol. The standard InChI is InChI=1S/C29H46N4O8/c1-20(2)16-24(29(40)41)30-25(36)10-11-31(12-14-34)26(37)18-32(13-15-35)27(38)19-33(17-21(3)4)28(39)23-8-6-22(5)7-9-23/h6-9,20-21,24,34-35H,10-19H2,1-5H3,(H,30,36)(H,40,41)/t24-/m0/s1. The van der Waals surface area contributed by atoms with E-state index >= 15 is 0 Å². The molecule has 0 fully saturated rings. The lowest BCUT2D eigenvalue weighted by Gasteiger charge is -2.30. The number of carbonyl (C=O) groups is 5. The maximum absolute atomic E-state index is 13.3. The number of benzene rings is 1. The Morgan fingerprint density at radius 1 is 0.780 bits per heavy atom. The van der Waals surface area contributed by atoms with E-state index in [2.05, 4.69) is 5.32 Å². The Morgan fingerprint density at radius 3 is 1.83 bits per heavy atom. The van der Waals surface area contributed by atoms with E-state index in [1.807, 2.05) is 46.8 Å². The number of nitrogens with one attached hydrogen (secondary N) is 1. The van der Waals surface area contributed by atoms with Gasteiger partial charge in [-0.2, -0.15) is 0 Å². The lowest BCUT2D eigenvalue weighted by Crippen LogP contribution is -2.50. The second-order valence-electron chi connectivity index (χ2n) is 10.9. The average Bonchev–Trinajstić information content (AvgIpc) is 2.89. The van der Waals surface area contributed by atoms with E-state index in [1.165, 1.54) is 9.80 Å². The fourth-order valence-electron chi connectivity index (χ4n) is 4.16.